The quantitative estimate of drug-likeness (QED) is 0.746. The number of nitrogens with zero attached hydrogens (tertiary/aromatic N) is 2. The monoisotopic (exact) mass is 316 g/mol. The summed E-state index contributed by atoms with van der Waals surface area (Å²) in [5, 5.41) is 0. The molecule has 5 heteroatoms. The third-order valence-electron chi connectivity index (χ3n) is 4.05. The van der Waals surface area contributed by atoms with Crippen LogP contribution in [0.3, 0.4) is 0 Å². The van der Waals surface area contributed by atoms with E-state index in [1.165, 1.54) is 0 Å². The number of rotatable bonds is 9. The van der Waals surface area contributed by atoms with Crippen molar-refractivity contribution in [1.29, 1.82) is 0 Å². The number of nitrogens with two attached hydrogens (primary N) is 1. The molecule has 2 aromatic rings. The summed E-state index contributed by atoms with van der Waals surface area (Å²) in [6.07, 6.45) is 5.60. The maximum atomic E-state index is 5.95. The fourth-order valence-electron chi connectivity index (χ4n) is 2.60. The summed E-state index contributed by atoms with van der Waals surface area (Å²) in [5.74, 6) is 0.906. The lowest BCUT2D eigenvalue weighted by molar-refractivity contribution is 0.150. The van der Waals surface area contributed by atoms with Crippen molar-refractivity contribution in [3.8, 4) is 5.75 Å². The number of hydrogen-bond acceptors (Lipinski definition) is 4. The normalized spacial score (nSPS) is 12.9. The zero-order valence-corrected chi connectivity index (χ0v) is 14.3. The van der Waals surface area contributed by atoms with Crippen molar-refractivity contribution in [2.45, 2.75) is 39.7 Å². The Morgan fingerprint density at radius 1 is 1.30 bits per heavy atom. The molecule has 1 atom stereocenters. The van der Waals surface area contributed by atoms with Gasteiger partial charge in [0, 0.05) is 18.0 Å². The van der Waals surface area contributed by atoms with E-state index in [9.17, 15) is 0 Å². The minimum Gasteiger partial charge on any atom is -0.493 e. The number of nitrogens with one attached hydrogen (secondary N) is 1. The Kier molecular flexibility index (Phi) is 6.04. The first kappa shape index (κ1) is 17.3. The van der Waals surface area contributed by atoms with Gasteiger partial charge in [0.1, 0.15) is 12.1 Å². The highest BCUT2D eigenvalue weighted by atomic mass is 16.5. The minimum absolute atomic E-state index is 0.0249. The van der Waals surface area contributed by atoms with Crippen molar-refractivity contribution < 1.29 is 4.74 Å². The van der Waals surface area contributed by atoms with Gasteiger partial charge in [-0.25, -0.2) is 4.98 Å². The molecule has 1 aromatic heterocycles. The lowest BCUT2D eigenvalue weighted by Crippen LogP contribution is -2.43. The number of ether oxygens (including phenoxy) is 1. The fourth-order valence-corrected chi connectivity index (χ4v) is 2.60. The Morgan fingerprint density at radius 2 is 2.04 bits per heavy atom. The molecule has 2 rings (SSSR count). The molecule has 0 amide bonds. The summed E-state index contributed by atoms with van der Waals surface area (Å²) in [6, 6.07) is 10.2. The van der Waals surface area contributed by atoms with Gasteiger partial charge in [-0.1, -0.05) is 39.0 Å². The first-order valence-electron chi connectivity index (χ1n) is 8.22. The van der Waals surface area contributed by atoms with E-state index < -0.39 is 0 Å². The van der Waals surface area contributed by atoms with E-state index in [4.69, 9.17) is 10.5 Å². The van der Waals surface area contributed by atoms with Gasteiger partial charge in [-0.3, -0.25) is 4.68 Å². The van der Waals surface area contributed by atoms with Crippen LogP contribution in [-0.4, -0.2) is 28.9 Å². The molecule has 1 heterocycles. The summed E-state index contributed by atoms with van der Waals surface area (Å²) in [7, 11) is 0. The van der Waals surface area contributed by atoms with Gasteiger partial charge in [-0.15, -0.1) is 0 Å². The van der Waals surface area contributed by atoms with Crippen LogP contribution in [0.4, 0.5) is 0 Å². The zero-order chi connectivity index (χ0) is 16.7. The van der Waals surface area contributed by atoms with Gasteiger partial charge in [0.25, 0.3) is 0 Å². The lowest BCUT2D eigenvalue weighted by Gasteiger charge is -2.34. The molecular weight excluding hydrogens is 288 g/mol. The Bertz CT molecular complexity index is 580. The highest BCUT2D eigenvalue weighted by Crippen LogP contribution is 2.25. The van der Waals surface area contributed by atoms with Crippen molar-refractivity contribution in [2.75, 3.05) is 18.6 Å². The van der Waals surface area contributed by atoms with Crippen LogP contribution >= 0.6 is 0 Å². The molecule has 126 valence electrons. The Labute approximate surface area is 138 Å². The molecular formula is C18H28N4O. The second kappa shape index (κ2) is 8.02. The molecule has 0 aliphatic carbocycles. The average molecular weight is 316 g/mol. The van der Waals surface area contributed by atoms with Crippen molar-refractivity contribution >= 4 is 0 Å². The van der Waals surface area contributed by atoms with E-state index in [1.54, 1.807) is 0 Å². The third-order valence-corrected chi connectivity index (χ3v) is 4.05. The Morgan fingerprint density at radius 3 is 2.70 bits per heavy atom. The topological polar surface area (TPSA) is 65.1 Å². The molecule has 5 nitrogen and oxygen atoms in total. The number of benzene rings is 1. The fraction of sp³-hybridized carbons (Fsp3) is 0.500. The number of imidazole rings is 1. The van der Waals surface area contributed by atoms with E-state index in [0.29, 0.717) is 13.2 Å². The van der Waals surface area contributed by atoms with Crippen molar-refractivity contribution in [2.24, 2.45) is 11.1 Å². The molecule has 0 radical (unpaired) electrons. The van der Waals surface area contributed by atoms with Crippen LogP contribution in [0.1, 0.15) is 32.9 Å². The molecule has 1 aromatic carbocycles. The molecule has 0 aliphatic rings. The first-order chi connectivity index (χ1) is 11.0. The lowest BCUT2D eigenvalue weighted by atomic mass is 9.84. The van der Waals surface area contributed by atoms with E-state index in [2.05, 4.69) is 31.2 Å². The summed E-state index contributed by atoms with van der Waals surface area (Å²) in [6.45, 7) is 7.88. The summed E-state index contributed by atoms with van der Waals surface area (Å²) in [4.78, 5) is 4.36. The molecule has 0 saturated carbocycles. The first-order valence-corrected chi connectivity index (χ1v) is 8.22. The maximum Gasteiger partial charge on any atom is 0.119 e. The van der Waals surface area contributed by atoms with Crippen molar-refractivity contribution in [1.82, 2.24) is 9.66 Å². The maximum absolute atomic E-state index is 5.95. The zero-order valence-electron chi connectivity index (χ0n) is 14.3. The second-order valence-corrected chi connectivity index (χ2v) is 6.49. The van der Waals surface area contributed by atoms with Crippen LogP contribution in [0, 0.1) is 5.41 Å². The van der Waals surface area contributed by atoms with Crippen LogP contribution in [0.5, 0.6) is 5.75 Å². The van der Waals surface area contributed by atoms with Gasteiger partial charge in [-0.05, 0) is 25.1 Å². The van der Waals surface area contributed by atoms with Crippen LogP contribution in [0.2, 0.25) is 0 Å². The molecule has 23 heavy (non-hydrogen) atoms. The number of para-hydroxylation sites is 1. The van der Waals surface area contributed by atoms with Gasteiger partial charge < -0.3 is 15.9 Å². The van der Waals surface area contributed by atoms with Gasteiger partial charge in [-0.2, -0.15) is 0 Å². The third kappa shape index (κ3) is 4.99. The van der Waals surface area contributed by atoms with Crippen molar-refractivity contribution in [3.63, 3.8) is 0 Å². The Hall–Kier alpha value is -2.01. The summed E-state index contributed by atoms with van der Waals surface area (Å²) in [5.41, 5.74) is 10.1. The minimum atomic E-state index is -0.0249. The van der Waals surface area contributed by atoms with Gasteiger partial charge in [0.05, 0.1) is 18.3 Å². The van der Waals surface area contributed by atoms with E-state index >= 15 is 0 Å². The summed E-state index contributed by atoms with van der Waals surface area (Å²) >= 11 is 0. The average Bonchev–Trinajstić information content (AvgIpc) is 2.99. The molecule has 0 bridgehead atoms. The standard InChI is InChI=1S/C18H28N4O/c1-4-17(21-22-12-15(10-11-19)20-14-22)18(2,3)13-23-16-8-6-5-7-9-16/h5-9,12,14,17,21H,4,10-11,13,19H2,1-3H3. The molecule has 0 fully saturated rings. The van der Waals surface area contributed by atoms with Crippen LogP contribution in [0.25, 0.3) is 0 Å². The highest BCUT2D eigenvalue weighted by molar-refractivity contribution is 5.21. The van der Waals surface area contributed by atoms with Crippen LogP contribution < -0.4 is 15.9 Å². The van der Waals surface area contributed by atoms with Gasteiger partial charge in [0.15, 0.2) is 0 Å². The predicted molar refractivity (Wildman–Crippen MR) is 94.1 cm³/mol. The number of aromatic nitrogens is 2. The highest BCUT2D eigenvalue weighted by Gasteiger charge is 2.29. The van der Waals surface area contributed by atoms with E-state index in [0.717, 1.165) is 24.3 Å². The van der Waals surface area contributed by atoms with Crippen LogP contribution in [0.15, 0.2) is 42.9 Å². The van der Waals surface area contributed by atoms with Gasteiger partial charge >= 0.3 is 0 Å². The van der Waals surface area contributed by atoms with Crippen LogP contribution in [-0.2, 0) is 6.42 Å². The molecule has 3 N–H and O–H groups in total. The number of hydrogen-bond donors (Lipinski definition) is 2. The summed E-state index contributed by atoms with van der Waals surface area (Å²) < 4.78 is 7.89. The van der Waals surface area contributed by atoms with E-state index in [-0.39, 0.29) is 11.5 Å². The molecule has 0 aliphatic heterocycles. The van der Waals surface area contributed by atoms with Crippen molar-refractivity contribution in [3.05, 3.63) is 48.5 Å². The Balaban J connectivity index is 1.96. The largest absolute Gasteiger partial charge is 0.493 e. The SMILES string of the molecule is CCC(Nn1cnc(CCN)c1)C(C)(C)COc1ccccc1. The predicted octanol–water partition coefficient (Wildman–Crippen LogP) is 2.81. The second-order valence-electron chi connectivity index (χ2n) is 6.49. The van der Waals surface area contributed by atoms with Gasteiger partial charge in [0.2, 0.25) is 0 Å². The van der Waals surface area contributed by atoms with E-state index in [1.807, 2.05) is 47.5 Å². The molecule has 0 saturated heterocycles. The molecule has 0 spiro atoms. The molecule has 1 unspecified atom stereocenters. The smallest absolute Gasteiger partial charge is 0.119 e.